The first-order valence-electron chi connectivity index (χ1n) is 10.7. The van der Waals surface area contributed by atoms with Gasteiger partial charge in [0, 0.05) is 0 Å². The maximum atomic E-state index is 13.2. The number of hydrogen-bond acceptors (Lipinski definition) is 11. The molecule has 1 saturated carbocycles. The number of anilines is 1. The summed E-state index contributed by atoms with van der Waals surface area (Å²) in [6, 6.07) is 2.29. The Bertz CT molecular complexity index is 1110. The zero-order valence-electron chi connectivity index (χ0n) is 17.8. The standard InChI is InChI=1S/C19H25N6O6P/c1-3-27-16-13-15(23-18(21)24-16)25(10-22-13)17-19(2,9-20)14-12(29-17)8-28-32(26,31-14)30-11-6-4-5-7-11/h10-12,14,17H,3-8H2,1-2H3,(H2,21,23,24)/t12-,14-,17-,19-,32?/m1/s1. The van der Waals surface area contributed by atoms with E-state index in [-0.39, 0.29) is 24.5 Å². The zero-order chi connectivity index (χ0) is 22.5. The van der Waals surface area contributed by atoms with Gasteiger partial charge in [-0.1, -0.05) is 12.8 Å². The minimum atomic E-state index is -3.82. The average molecular weight is 464 g/mol. The van der Waals surface area contributed by atoms with Crippen LogP contribution in [0.4, 0.5) is 5.95 Å². The Morgan fingerprint density at radius 1 is 1.41 bits per heavy atom. The molecule has 32 heavy (non-hydrogen) atoms. The molecular weight excluding hydrogens is 439 g/mol. The summed E-state index contributed by atoms with van der Waals surface area (Å²) in [6.07, 6.45) is 2.67. The van der Waals surface area contributed by atoms with Crippen LogP contribution in [0.25, 0.3) is 11.2 Å². The van der Waals surface area contributed by atoms with Crippen molar-refractivity contribution in [1.82, 2.24) is 19.5 Å². The number of phosphoric acid groups is 1. The fourth-order valence-electron chi connectivity index (χ4n) is 4.56. The van der Waals surface area contributed by atoms with Gasteiger partial charge in [-0.05, 0) is 26.7 Å². The summed E-state index contributed by atoms with van der Waals surface area (Å²) >= 11 is 0. The number of aromatic nitrogens is 4. The van der Waals surface area contributed by atoms with Crippen molar-refractivity contribution in [2.24, 2.45) is 5.41 Å². The number of nitrogen functional groups attached to an aromatic ring is 1. The quantitative estimate of drug-likeness (QED) is 0.649. The number of nitrogens with two attached hydrogens (primary N) is 1. The van der Waals surface area contributed by atoms with E-state index in [1.54, 1.807) is 11.5 Å². The molecule has 4 heterocycles. The number of phosphoric ester groups is 1. The maximum absolute atomic E-state index is 13.2. The predicted molar refractivity (Wildman–Crippen MR) is 110 cm³/mol. The van der Waals surface area contributed by atoms with Gasteiger partial charge in [0.1, 0.15) is 17.6 Å². The summed E-state index contributed by atoms with van der Waals surface area (Å²) < 4.78 is 43.5. The summed E-state index contributed by atoms with van der Waals surface area (Å²) in [5.41, 5.74) is 5.39. The van der Waals surface area contributed by atoms with E-state index in [2.05, 4.69) is 21.0 Å². The van der Waals surface area contributed by atoms with Crippen LogP contribution >= 0.6 is 7.82 Å². The molecule has 3 aliphatic rings. The Hall–Kier alpha value is -2.29. The molecule has 2 aromatic heterocycles. The number of fused-ring (bicyclic) bond motifs is 2. The molecule has 0 bridgehead atoms. The van der Waals surface area contributed by atoms with Crippen molar-refractivity contribution in [2.75, 3.05) is 18.9 Å². The highest BCUT2D eigenvalue weighted by atomic mass is 31.2. The first kappa shape index (κ1) is 21.6. The van der Waals surface area contributed by atoms with Crippen molar-refractivity contribution in [3.63, 3.8) is 0 Å². The second-order valence-corrected chi connectivity index (χ2v) is 9.92. The summed E-state index contributed by atoms with van der Waals surface area (Å²) in [5.74, 6) is 0.252. The molecule has 0 aromatic carbocycles. The predicted octanol–water partition coefficient (Wildman–Crippen LogP) is 2.72. The highest BCUT2D eigenvalue weighted by molar-refractivity contribution is 7.48. The third kappa shape index (κ3) is 3.45. The molecule has 5 atom stereocenters. The molecule has 0 radical (unpaired) electrons. The van der Waals surface area contributed by atoms with E-state index in [1.807, 2.05) is 6.92 Å². The van der Waals surface area contributed by atoms with Crippen LogP contribution in [0.1, 0.15) is 45.8 Å². The molecule has 2 N–H and O–H groups in total. The fraction of sp³-hybridized carbons (Fsp3) is 0.684. The van der Waals surface area contributed by atoms with Gasteiger partial charge in [-0.3, -0.25) is 18.1 Å². The summed E-state index contributed by atoms with van der Waals surface area (Å²) in [6.45, 7) is 3.87. The Kier molecular flexibility index (Phi) is 5.34. The van der Waals surface area contributed by atoms with Crippen LogP contribution < -0.4 is 10.5 Å². The third-order valence-corrected chi connectivity index (χ3v) is 7.65. The Balaban J connectivity index is 1.48. The number of nitriles is 1. The smallest absolute Gasteiger partial charge is 0.475 e. The average Bonchev–Trinajstić information content (AvgIpc) is 3.47. The van der Waals surface area contributed by atoms with Crippen LogP contribution in [0.5, 0.6) is 5.88 Å². The number of rotatable bonds is 5. The molecule has 13 heteroatoms. The molecule has 12 nitrogen and oxygen atoms in total. The SMILES string of the molecule is CCOc1nc(N)nc2c1ncn2[C@@H]1O[C@@H]2COP(=O)(OC3CCCC3)O[C@H]2[C@@]1(C)C#N. The fourth-order valence-corrected chi connectivity index (χ4v) is 6.27. The van der Waals surface area contributed by atoms with E-state index >= 15 is 0 Å². The lowest BCUT2D eigenvalue weighted by atomic mass is 9.84. The van der Waals surface area contributed by atoms with Crippen LogP contribution in [0.2, 0.25) is 0 Å². The normalized spacial score (nSPS) is 35.1. The maximum Gasteiger partial charge on any atom is 0.475 e. The van der Waals surface area contributed by atoms with Gasteiger partial charge < -0.3 is 15.2 Å². The number of imidazole rings is 1. The van der Waals surface area contributed by atoms with E-state index in [9.17, 15) is 9.83 Å². The van der Waals surface area contributed by atoms with Crippen LogP contribution in [0.15, 0.2) is 6.33 Å². The van der Waals surface area contributed by atoms with Gasteiger partial charge in [-0.2, -0.15) is 15.2 Å². The van der Waals surface area contributed by atoms with Gasteiger partial charge >= 0.3 is 7.82 Å². The number of nitrogens with zero attached hydrogens (tertiary/aromatic N) is 5. The molecular formula is C19H25N6O6P. The number of hydrogen-bond donors (Lipinski definition) is 1. The number of ether oxygens (including phenoxy) is 2. The second kappa shape index (κ2) is 7.93. The van der Waals surface area contributed by atoms with Gasteiger partial charge in [0.2, 0.25) is 11.8 Å². The monoisotopic (exact) mass is 464 g/mol. The summed E-state index contributed by atoms with van der Waals surface area (Å²) in [4.78, 5) is 12.7. The van der Waals surface area contributed by atoms with Crippen molar-refractivity contribution >= 4 is 24.9 Å². The van der Waals surface area contributed by atoms with E-state index < -0.39 is 31.7 Å². The van der Waals surface area contributed by atoms with Crippen LogP contribution in [-0.2, 0) is 22.9 Å². The Morgan fingerprint density at radius 3 is 2.91 bits per heavy atom. The van der Waals surface area contributed by atoms with Crippen LogP contribution in [-0.4, -0.2) is 51.0 Å². The van der Waals surface area contributed by atoms with Gasteiger partial charge in [-0.15, -0.1) is 0 Å². The third-order valence-electron chi connectivity index (χ3n) is 6.15. The first-order chi connectivity index (χ1) is 15.4. The first-order valence-corrected chi connectivity index (χ1v) is 12.1. The molecule has 0 spiro atoms. The van der Waals surface area contributed by atoms with Gasteiger partial charge in [0.05, 0.1) is 31.7 Å². The van der Waals surface area contributed by atoms with E-state index in [0.29, 0.717) is 17.8 Å². The van der Waals surface area contributed by atoms with Crippen molar-refractivity contribution in [3.8, 4) is 11.9 Å². The molecule has 1 unspecified atom stereocenters. The lowest BCUT2D eigenvalue weighted by Crippen LogP contribution is -2.42. The lowest BCUT2D eigenvalue weighted by Gasteiger charge is -2.35. The molecule has 2 aliphatic heterocycles. The highest BCUT2D eigenvalue weighted by Gasteiger charge is 2.61. The molecule has 172 valence electrons. The molecule has 2 aromatic rings. The van der Waals surface area contributed by atoms with Crippen molar-refractivity contribution in [3.05, 3.63) is 6.33 Å². The van der Waals surface area contributed by atoms with E-state index in [1.165, 1.54) is 6.33 Å². The van der Waals surface area contributed by atoms with Crippen LogP contribution in [0, 0.1) is 16.7 Å². The highest BCUT2D eigenvalue weighted by Crippen LogP contribution is 2.62. The Morgan fingerprint density at radius 2 is 2.19 bits per heavy atom. The lowest BCUT2D eigenvalue weighted by molar-refractivity contribution is -0.0745. The zero-order valence-corrected chi connectivity index (χ0v) is 18.7. The molecule has 2 saturated heterocycles. The van der Waals surface area contributed by atoms with Gasteiger partial charge in [0.25, 0.3) is 0 Å². The van der Waals surface area contributed by atoms with Crippen molar-refractivity contribution in [2.45, 2.75) is 64.1 Å². The van der Waals surface area contributed by atoms with Crippen molar-refractivity contribution < 1.29 is 27.6 Å². The van der Waals surface area contributed by atoms with Crippen LogP contribution in [0.3, 0.4) is 0 Å². The summed E-state index contributed by atoms with van der Waals surface area (Å²) in [7, 11) is -3.82. The summed E-state index contributed by atoms with van der Waals surface area (Å²) in [5, 5.41) is 10.2. The van der Waals surface area contributed by atoms with Gasteiger partial charge in [0.15, 0.2) is 17.4 Å². The van der Waals surface area contributed by atoms with Gasteiger partial charge in [-0.25, -0.2) is 9.55 Å². The Labute approximate surface area is 184 Å². The topological polar surface area (TPSA) is 157 Å². The molecule has 1 aliphatic carbocycles. The molecule has 5 rings (SSSR count). The molecule has 0 amide bonds. The molecule has 3 fully saturated rings. The van der Waals surface area contributed by atoms with E-state index in [4.69, 9.17) is 28.8 Å². The minimum Gasteiger partial charge on any atom is -0.476 e. The largest absolute Gasteiger partial charge is 0.476 e. The minimum absolute atomic E-state index is 0.00539. The second-order valence-electron chi connectivity index (χ2n) is 8.35. The van der Waals surface area contributed by atoms with E-state index in [0.717, 1.165) is 25.7 Å². The van der Waals surface area contributed by atoms with Crippen molar-refractivity contribution in [1.29, 1.82) is 5.26 Å².